The molecular formula is C24H20F3N7O4. The van der Waals surface area contributed by atoms with Crippen molar-refractivity contribution in [1.82, 2.24) is 24.5 Å². The second-order valence-corrected chi connectivity index (χ2v) is 8.52. The van der Waals surface area contributed by atoms with Crippen molar-refractivity contribution in [1.29, 1.82) is 5.26 Å². The van der Waals surface area contributed by atoms with Crippen LogP contribution in [0.1, 0.15) is 57.3 Å². The highest BCUT2D eigenvalue weighted by Crippen LogP contribution is 2.40. The van der Waals surface area contributed by atoms with Crippen LogP contribution < -0.4 is 10.9 Å². The van der Waals surface area contributed by atoms with Gasteiger partial charge < -0.3 is 14.9 Å². The van der Waals surface area contributed by atoms with E-state index >= 15 is 0 Å². The number of anilines is 1. The Balaban J connectivity index is 1.87. The van der Waals surface area contributed by atoms with Crippen LogP contribution in [0.3, 0.4) is 0 Å². The molecule has 2 unspecified atom stereocenters. The van der Waals surface area contributed by atoms with Crippen LogP contribution in [0.15, 0.2) is 52.4 Å². The smallest absolute Gasteiger partial charge is 0.416 e. The number of amides is 1. The first-order valence-corrected chi connectivity index (χ1v) is 11.0. The molecule has 2 N–H and O–H groups in total. The molecule has 4 aromatic rings. The third-order valence-corrected chi connectivity index (χ3v) is 6.03. The van der Waals surface area contributed by atoms with E-state index in [9.17, 15) is 33.1 Å². The van der Waals surface area contributed by atoms with Crippen LogP contribution in [-0.4, -0.2) is 35.5 Å². The number of carbonyl (C=O) groups is 1. The van der Waals surface area contributed by atoms with Gasteiger partial charge in [-0.1, -0.05) is 18.1 Å². The van der Waals surface area contributed by atoms with E-state index in [-0.39, 0.29) is 22.6 Å². The van der Waals surface area contributed by atoms with Crippen molar-refractivity contribution in [3.63, 3.8) is 0 Å². The average Bonchev–Trinajstić information content (AvgIpc) is 3.54. The Labute approximate surface area is 212 Å². The second kappa shape index (κ2) is 9.85. The number of nitriles is 1. The summed E-state index contributed by atoms with van der Waals surface area (Å²) in [5.74, 6) is -3.38. The molecule has 3 heterocycles. The zero-order valence-corrected chi connectivity index (χ0v) is 20.2. The summed E-state index contributed by atoms with van der Waals surface area (Å²) in [5, 5.41) is 30.1. The van der Waals surface area contributed by atoms with Gasteiger partial charge in [-0.15, -0.1) is 0 Å². The SMILES string of the molecule is CC(c1nc(C(=O)Nc2cnoc2)c(O)c(=O)n1C)C(c1cnn(C)c1)c1ccc(C(F)(F)F)cc1C#N. The molecule has 38 heavy (non-hydrogen) atoms. The van der Waals surface area contributed by atoms with E-state index in [4.69, 9.17) is 0 Å². The quantitative estimate of drug-likeness (QED) is 0.388. The molecule has 0 aliphatic carbocycles. The fraction of sp³-hybridized carbons (Fsp3) is 0.250. The Morgan fingerprint density at radius 2 is 2.00 bits per heavy atom. The number of benzene rings is 1. The van der Waals surface area contributed by atoms with Gasteiger partial charge in [0.2, 0.25) is 5.75 Å². The fourth-order valence-electron chi connectivity index (χ4n) is 4.22. The van der Waals surface area contributed by atoms with Gasteiger partial charge in [-0.05, 0) is 23.3 Å². The normalized spacial score (nSPS) is 13.1. The van der Waals surface area contributed by atoms with Gasteiger partial charge in [0.25, 0.3) is 11.5 Å². The predicted octanol–water partition coefficient (Wildman–Crippen LogP) is 3.29. The summed E-state index contributed by atoms with van der Waals surface area (Å²) in [5.41, 5.74) is -1.80. The molecule has 0 saturated heterocycles. The molecule has 14 heteroatoms. The van der Waals surface area contributed by atoms with Crippen molar-refractivity contribution in [2.75, 3.05) is 5.32 Å². The number of hydrogen-bond donors (Lipinski definition) is 2. The first kappa shape index (κ1) is 26.1. The van der Waals surface area contributed by atoms with Gasteiger partial charge in [0.05, 0.1) is 29.6 Å². The van der Waals surface area contributed by atoms with E-state index < -0.39 is 46.5 Å². The zero-order chi connectivity index (χ0) is 27.8. The van der Waals surface area contributed by atoms with Crippen LogP contribution >= 0.6 is 0 Å². The highest BCUT2D eigenvalue weighted by molar-refractivity contribution is 6.04. The molecule has 196 valence electrons. The zero-order valence-electron chi connectivity index (χ0n) is 20.2. The molecule has 0 radical (unpaired) electrons. The van der Waals surface area contributed by atoms with E-state index in [1.165, 1.54) is 30.2 Å². The monoisotopic (exact) mass is 527 g/mol. The number of nitrogens with one attached hydrogen (secondary N) is 1. The van der Waals surface area contributed by atoms with Gasteiger partial charge >= 0.3 is 6.18 Å². The highest BCUT2D eigenvalue weighted by atomic mass is 19.4. The Kier molecular flexibility index (Phi) is 6.77. The third-order valence-electron chi connectivity index (χ3n) is 6.03. The lowest BCUT2D eigenvalue weighted by Crippen LogP contribution is -2.29. The Bertz CT molecular complexity index is 1600. The minimum Gasteiger partial charge on any atom is -0.501 e. The fourth-order valence-corrected chi connectivity index (χ4v) is 4.22. The van der Waals surface area contributed by atoms with Crippen LogP contribution in [0, 0.1) is 11.3 Å². The lowest BCUT2D eigenvalue weighted by molar-refractivity contribution is -0.137. The van der Waals surface area contributed by atoms with Gasteiger partial charge in [-0.3, -0.25) is 18.8 Å². The minimum atomic E-state index is -4.66. The maximum atomic E-state index is 13.3. The van der Waals surface area contributed by atoms with Crippen molar-refractivity contribution < 1.29 is 27.6 Å². The molecule has 3 aromatic heterocycles. The number of rotatable bonds is 6. The average molecular weight is 527 g/mol. The van der Waals surface area contributed by atoms with E-state index in [0.717, 1.165) is 23.0 Å². The highest BCUT2D eigenvalue weighted by Gasteiger charge is 2.35. The number of nitrogens with zero attached hydrogens (tertiary/aromatic N) is 6. The van der Waals surface area contributed by atoms with Crippen molar-refractivity contribution in [3.05, 3.63) is 87.2 Å². The summed E-state index contributed by atoms with van der Waals surface area (Å²) >= 11 is 0. The number of aromatic hydroxyl groups is 1. The third kappa shape index (κ3) is 4.85. The van der Waals surface area contributed by atoms with Crippen LogP contribution in [0.25, 0.3) is 0 Å². The number of aromatic nitrogens is 5. The van der Waals surface area contributed by atoms with Crippen LogP contribution in [0.5, 0.6) is 5.75 Å². The number of alkyl halides is 3. The Hall–Kier alpha value is -4.93. The van der Waals surface area contributed by atoms with E-state index in [1.807, 2.05) is 6.07 Å². The second-order valence-electron chi connectivity index (χ2n) is 8.52. The molecule has 0 spiro atoms. The van der Waals surface area contributed by atoms with Crippen molar-refractivity contribution in [3.8, 4) is 11.8 Å². The summed E-state index contributed by atoms with van der Waals surface area (Å²) in [6.45, 7) is 1.64. The summed E-state index contributed by atoms with van der Waals surface area (Å²) in [4.78, 5) is 29.9. The van der Waals surface area contributed by atoms with Gasteiger partial charge in [0.1, 0.15) is 17.8 Å². The molecule has 0 saturated carbocycles. The standard InChI is InChI=1S/C24H20F3N7O4/c1-12(21-32-19(20(35)23(37)34(21)3)22(36)31-16-9-30-38-11-16)18(14-8-29-33(2)10-14)17-5-4-15(24(25,26)27)6-13(17)7-28/h4-6,8-12,18,35H,1-3H3,(H,31,36). The summed E-state index contributed by atoms with van der Waals surface area (Å²) in [7, 11) is 2.98. The number of hydrogen-bond acceptors (Lipinski definition) is 8. The van der Waals surface area contributed by atoms with Crippen LogP contribution in [-0.2, 0) is 20.3 Å². The van der Waals surface area contributed by atoms with Gasteiger partial charge in [0.15, 0.2) is 5.69 Å². The molecule has 0 aliphatic rings. The lowest BCUT2D eigenvalue weighted by atomic mass is 9.80. The number of aryl methyl sites for hydroxylation is 1. The van der Waals surface area contributed by atoms with Gasteiger partial charge in [0, 0.05) is 32.1 Å². The molecule has 0 aliphatic heterocycles. The maximum Gasteiger partial charge on any atom is 0.416 e. The van der Waals surface area contributed by atoms with Crippen molar-refractivity contribution in [2.24, 2.45) is 14.1 Å². The first-order valence-electron chi connectivity index (χ1n) is 11.0. The van der Waals surface area contributed by atoms with E-state index in [0.29, 0.717) is 5.56 Å². The van der Waals surface area contributed by atoms with Gasteiger partial charge in [-0.25, -0.2) is 4.98 Å². The summed E-state index contributed by atoms with van der Waals surface area (Å²) < 4.78 is 47.2. The molecule has 2 atom stereocenters. The molecule has 0 bridgehead atoms. The largest absolute Gasteiger partial charge is 0.501 e. The predicted molar refractivity (Wildman–Crippen MR) is 125 cm³/mol. The van der Waals surface area contributed by atoms with Gasteiger partial charge in [-0.2, -0.15) is 23.5 Å². The van der Waals surface area contributed by atoms with E-state index in [2.05, 4.69) is 25.1 Å². The Morgan fingerprint density at radius 3 is 2.58 bits per heavy atom. The minimum absolute atomic E-state index is 0.0286. The maximum absolute atomic E-state index is 13.3. The number of carbonyl (C=O) groups excluding carboxylic acids is 1. The topological polar surface area (TPSA) is 152 Å². The Morgan fingerprint density at radius 1 is 1.26 bits per heavy atom. The first-order chi connectivity index (χ1) is 17.9. The van der Waals surface area contributed by atoms with Crippen molar-refractivity contribution in [2.45, 2.75) is 24.9 Å². The van der Waals surface area contributed by atoms with E-state index in [1.54, 1.807) is 20.2 Å². The molecule has 1 amide bonds. The molecular weight excluding hydrogens is 507 g/mol. The lowest BCUT2D eigenvalue weighted by Gasteiger charge is -2.26. The number of halogens is 3. The molecule has 1 aromatic carbocycles. The molecule has 11 nitrogen and oxygen atoms in total. The molecule has 4 rings (SSSR count). The van der Waals surface area contributed by atoms with Crippen molar-refractivity contribution >= 4 is 11.6 Å². The van der Waals surface area contributed by atoms with Crippen LogP contribution in [0.4, 0.5) is 18.9 Å². The summed E-state index contributed by atoms with van der Waals surface area (Å²) in [6, 6.07) is 4.65. The van der Waals surface area contributed by atoms with Crippen LogP contribution in [0.2, 0.25) is 0 Å². The molecule has 0 fully saturated rings. The summed E-state index contributed by atoms with van der Waals surface area (Å²) in [6.07, 6.45) is 0.781.